The van der Waals surface area contributed by atoms with Gasteiger partial charge in [0.05, 0.1) is 12.2 Å². The summed E-state index contributed by atoms with van der Waals surface area (Å²) < 4.78 is 0. The largest absolute Gasteiger partial charge is 0.395 e. The van der Waals surface area contributed by atoms with Gasteiger partial charge in [-0.2, -0.15) is 0 Å². The average molecular weight is 286 g/mol. The summed E-state index contributed by atoms with van der Waals surface area (Å²) in [6.07, 6.45) is 4.23. The number of hydrogen-bond donors (Lipinski definition) is 1. The molecule has 112 valence electrons. The minimum absolute atomic E-state index is 0.0250. The van der Waals surface area contributed by atoms with Gasteiger partial charge < -0.3 is 10.0 Å². The van der Waals surface area contributed by atoms with Crippen LogP contribution in [0.3, 0.4) is 0 Å². The maximum atomic E-state index is 12.8. The Balaban J connectivity index is 2.25. The zero-order valence-electron chi connectivity index (χ0n) is 12.7. The maximum Gasteiger partial charge on any atom is 0.273 e. The van der Waals surface area contributed by atoms with Crippen LogP contribution in [-0.2, 0) is 0 Å². The Morgan fingerprint density at radius 2 is 2.33 bits per heavy atom. The summed E-state index contributed by atoms with van der Waals surface area (Å²) in [4.78, 5) is 18.9. The fourth-order valence-corrected chi connectivity index (χ4v) is 2.65. The fourth-order valence-electron chi connectivity index (χ4n) is 2.65. The summed E-state index contributed by atoms with van der Waals surface area (Å²) in [5.74, 6) is 6.27. The van der Waals surface area contributed by atoms with Gasteiger partial charge in [-0.05, 0) is 37.8 Å². The molecule has 4 nitrogen and oxygen atoms in total. The van der Waals surface area contributed by atoms with E-state index in [-0.39, 0.29) is 18.6 Å². The number of pyridine rings is 1. The Labute approximate surface area is 126 Å². The van der Waals surface area contributed by atoms with Gasteiger partial charge in [-0.25, -0.2) is 4.98 Å². The highest BCUT2D eigenvalue weighted by Gasteiger charge is 2.30. The molecule has 21 heavy (non-hydrogen) atoms. The van der Waals surface area contributed by atoms with Crippen molar-refractivity contribution >= 4 is 5.91 Å². The molecule has 0 radical (unpaired) electrons. The van der Waals surface area contributed by atoms with Crippen molar-refractivity contribution in [3.63, 3.8) is 0 Å². The number of aliphatic hydroxyl groups excluding tert-OH is 1. The van der Waals surface area contributed by atoms with Gasteiger partial charge in [-0.3, -0.25) is 4.79 Å². The summed E-state index contributed by atoms with van der Waals surface area (Å²) in [5, 5.41) is 8.80. The molecule has 1 amide bonds. The maximum absolute atomic E-state index is 12.8. The summed E-state index contributed by atoms with van der Waals surface area (Å²) >= 11 is 0. The van der Waals surface area contributed by atoms with Crippen LogP contribution in [0.4, 0.5) is 0 Å². The number of carbonyl (C=O) groups excluding carboxylic acids is 1. The number of aliphatic hydroxyl groups is 1. The lowest BCUT2D eigenvalue weighted by Crippen LogP contribution is -2.46. The lowest BCUT2D eigenvalue weighted by atomic mass is 9.91. The monoisotopic (exact) mass is 286 g/mol. The molecule has 1 aromatic rings. The fraction of sp³-hybridized carbons (Fsp3) is 0.529. The molecule has 4 heteroatoms. The molecule has 2 unspecified atom stereocenters. The van der Waals surface area contributed by atoms with E-state index in [1.54, 1.807) is 12.3 Å². The van der Waals surface area contributed by atoms with E-state index in [0.29, 0.717) is 23.6 Å². The third kappa shape index (κ3) is 3.62. The molecule has 1 aliphatic heterocycles. The minimum atomic E-state index is -0.0389. The molecule has 1 fully saturated rings. The highest BCUT2D eigenvalue weighted by molar-refractivity contribution is 5.95. The highest BCUT2D eigenvalue weighted by Crippen LogP contribution is 2.24. The van der Waals surface area contributed by atoms with Crippen LogP contribution in [0.15, 0.2) is 18.3 Å². The van der Waals surface area contributed by atoms with Gasteiger partial charge >= 0.3 is 0 Å². The first kappa shape index (κ1) is 15.5. The van der Waals surface area contributed by atoms with Crippen LogP contribution in [0.1, 0.15) is 49.2 Å². The van der Waals surface area contributed by atoms with E-state index in [9.17, 15) is 4.79 Å². The average Bonchev–Trinajstić information content (AvgIpc) is 2.50. The summed E-state index contributed by atoms with van der Waals surface area (Å²) in [6, 6.07) is 3.82. The van der Waals surface area contributed by atoms with Crippen LogP contribution >= 0.6 is 0 Å². The second-order valence-electron chi connectivity index (χ2n) is 5.53. The Morgan fingerprint density at radius 1 is 1.52 bits per heavy atom. The number of amides is 1. The van der Waals surface area contributed by atoms with E-state index < -0.39 is 0 Å². The van der Waals surface area contributed by atoms with Crippen molar-refractivity contribution in [1.82, 2.24) is 9.88 Å². The van der Waals surface area contributed by atoms with Crippen LogP contribution < -0.4 is 0 Å². The first-order valence-electron chi connectivity index (χ1n) is 7.51. The number of likely N-dealkylation sites (tertiary alicyclic amines) is 1. The molecule has 0 aliphatic carbocycles. The number of nitrogens with zero attached hydrogens (tertiary/aromatic N) is 2. The molecule has 0 spiro atoms. The van der Waals surface area contributed by atoms with Gasteiger partial charge in [0, 0.05) is 25.2 Å². The lowest BCUT2D eigenvalue weighted by molar-refractivity contribution is 0.0544. The highest BCUT2D eigenvalue weighted by atomic mass is 16.2. The quantitative estimate of drug-likeness (QED) is 0.847. The van der Waals surface area contributed by atoms with Crippen molar-refractivity contribution in [1.29, 1.82) is 0 Å². The first-order chi connectivity index (χ1) is 10.1. The summed E-state index contributed by atoms with van der Waals surface area (Å²) in [5.41, 5.74) is 1.06. The van der Waals surface area contributed by atoms with E-state index >= 15 is 0 Å². The lowest BCUT2D eigenvalue weighted by Gasteiger charge is -2.37. The Bertz CT molecular complexity index is 559. The van der Waals surface area contributed by atoms with Crippen molar-refractivity contribution in [3.8, 4) is 11.8 Å². The van der Waals surface area contributed by atoms with Gasteiger partial charge in [-0.1, -0.05) is 18.8 Å². The molecule has 1 N–H and O–H groups in total. The van der Waals surface area contributed by atoms with Crippen LogP contribution in [-0.4, -0.2) is 40.1 Å². The van der Waals surface area contributed by atoms with Crippen molar-refractivity contribution < 1.29 is 9.90 Å². The third-order valence-corrected chi connectivity index (χ3v) is 4.10. The number of piperidine rings is 1. The predicted octanol–water partition coefficient (Wildman–Crippen LogP) is 2.08. The zero-order valence-corrected chi connectivity index (χ0v) is 12.7. The number of rotatable bonds is 2. The van der Waals surface area contributed by atoms with Crippen LogP contribution in [0.25, 0.3) is 0 Å². The molecule has 1 saturated heterocycles. The number of carbonyl (C=O) groups is 1. The van der Waals surface area contributed by atoms with Gasteiger partial charge in [-0.15, -0.1) is 0 Å². The second-order valence-corrected chi connectivity index (χ2v) is 5.53. The molecule has 0 bridgehead atoms. The first-order valence-corrected chi connectivity index (χ1v) is 7.51. The van der Waals surface area contributed by atoms with Gasteiger partial charge in [0.1, 0.15) is 5.69 Å². The van der Waals surface area contributed by atoms with Crippen LogP contribution in [0.5, 0.6) is 0 Å². The van der Waals surface area contributed by atoms with E-state index in [4.69, 9.17) is 5.11 Å². The molecule has 2 heterocycles. The van der Waals surface area contributed by atoms with Crippen molar-refractivity contribution in [2.24, 2.45) is 5.92 Å². The number of aromatic nitrogens is 1. The Morgan fingerprint density at radius 3 is 3.10 bits per heavy atom. The molecule has 2 atom stereocenters. The predicted molar refractivity (Wildman–Crippen MR) is 81.7 cm³/mol. The molecule has 1 aliphatic rings. The van der Waals surface area contributed by atoms with Crippen LogP contribution in [0.2, 0.25) is 0 Å². The normalized spacial score (nSPS) is 21.6. The van der Waals surface area contributed by atoms with Crippen molar-refractivity contribution in [3.05, 3.63) is 29.6 Å². The second kappa shape index (κ2) is 7.24. The standard InChI is InChI=1S/C17H22N2O2/c1-13-7-6-11-19(14(13)2)17(21)16-15(8-3-4-12-20)9-5-10-18-16/h5,9-10,13-14,20H,4,6-7,11-12H2,1-2H3. The summed E-state index contributed by atoms with van der Waals surface area (Å²) in [6.45, 7) is 5.09. The van der Waals surface area contributed by atoms with Crippen molar-refractivity contribution in [2.45, 2.75) is 39.2 Å². The Hall–Kier alpha value is -1.86. The SMILES string of the molecule is CC1CCCN(C(=O)c2ncccc2C#CCCO)C1C. The van der Waals surface area contributed by atoms with E-state index in [2.05, 4.69) is 30.7 Å². The van der Waals surface area contributed by atoms with Gasteiger partial charge in [0.25, 0.3) is 5.91 Å². The molecule has 0 saturated carbocycles. The van der Waals surface area contributed by atoms with Crippen molar-refractivity contribution in [2.75, 3.05) is 13.2 Å². The Kier molecular flexibility index (Phi) is 5.35. The molecule has 0 aromatic carbocycles. The van der Waals surface area contributed by atoms with Gasteiger partial charge in [0.15, 0.2) is 0 Å². The number of hydrogen-bond acceptors (Lipinski definition) is 3. The van der Waals surface area contributed by atoms with E-state index in [0.717, 1.165) is 19.4 Å². The molecule has 1 aromatic heterocycles. The van der Waals surface area contributed by atoms with E-state index in [1.165, 1.54) is 0 Å². The molecule has 2 rings (SSSR count). The van der Waals surface area contributed by atoms with E-state index in [1.807, 2.05) is 11.0 Å². The molecular weight excluding hydrogens is 264 g/mol. The third-order valence-electron chi connectivity index (χ3n) is 4.10. The smallest absolute Gasteiger partial charge is 0.273 e. The zero-order chi connectivity index (χ0) is 15.2. The topological polar surface area (TPSA) is 53.4 Å². The minimum Gasteiger partial charge on any atom is -0.395 e. The molecular formula is C17H22N2O2. The van der Waals surface area contributed by atoms with Crippen LogP contribution in [0, 0.1) is 17.8 Å². The van der Waals surface area contributed by atoms with Gasteiger partial charge in [0.2, 0.25) is 0 Å². The summed E-state index contributed by atoms with van der Waals surface area (Å²) in [7, 11) is 0.